The van der Waals surface area contributed by atoms with Crippen molar-refractivity contribution < 1.29 is 19.1 Å². The van der Waals surface area contributed by atoms with Gasteiger partial charge in [0.1, 0.15) is 5.75 Å². The predicted octanol–water partition coefficient (Wildman–Crippen LogP) is 6.58. The Hall–Kier alpha value is -2.48. The van der Waals surface area contributed by atoms with Crippen LogP contribution in [-0.4, -0.2) is 62.3 Å². The van der Waals surface area contributed by atoms with Crippen molar-refractivity contribution in [2.45, 2.75) is 66.0 Å². The number of amides is 1. The number of ether oxygens (including phenoxy) is 2. The van der Waals surface area contributed by atoms with Gasteiger partial charge in [0.25, 0.3) is 0 Å². The zero-order valence-electron chi connectivity index (χ0n) is 24.6. The maximum absolute atomic E-state index is 12.9. The first kappa shape index (κ1) is 30.0. The third kappa shape index (κ3) is 6.32. The molecule has 0 N–H and O–H groups in total. The molecule has 1 amide bonds. The molecule has 222 valence electrons. The Balaban J connectivity index is 1.09. The minimum Gasteiger partial charge on any atom is -0.494 e. The monoisotopic (exact) mass is 601 g/mol. The second kappa shape index (κ2) is 12.0. The summed E-state index contributed by atoms with van der Waals surface area (Å²) in [5.41, 5.74) is 2.28. The normalized spacial score (nSPS) is 22.7. The Morgan fingerprint density at radius 1 is 1.00 bits per heavy atom. The Labute approximate surface area is 253 Å². The molecule has 2 aliphatic heterocycles. The molecule has 2 aromatic rings. The molecule has 2 heterocycles. The minimum atomic E-state index is -0.673. The van der Waals surface area contributed by atoms with Crippen LogP contribution in [-0.2, 0) is 20.7 Å². The topological polar surface area (TPSA) is 62.3 Å². The number of carbonyl (C=O) groups is 2. The van der Waals surface area contributed by atoms with Gasteiger partial charge in [0.15, 0.2) is 6.23 Å². The first-order chi connectivity index (χ1) is 19.5. The van der Waals surface area contributed by atoms with Gasteiger partial charge in [0, 0.05) is 38.7 Å². The van der Waals surface area contributed by atoms with Gasteiger partial charge in [-0.05, 0) is 75.3 Å². The fourth-order valence-electron chi connectivity index (χ4n) is 6.07. The number of rotatable bonds is 10. The lowest BCUT2D eigenvalue weighted by Gasteiger charge is -2.36. The molecule has 2 unspecified atom stereocenters. The van der Waals surface area contributed by atoms with Gasteiger partial charge in [0.2, 0.25) is 5.91 Å². The first-order valence-electron chi connectivity index (χ1n) is 14.7. The highest BCUT2D eigenvalue weighted by Crippen LogP contribution is 2.63. The zero-order chi connectivity index (χ0) is 29.4. The van der Waals surface area contributed by atoms with Crippen LogP contribution in [0.3, 0.4) is 0 Å². The molecular formula is C32H41Cl2N3O4. The van der Waals surface area contributed by atoms with Crippen molar-refractivity contribution in [3.05, 3.63) is 52.0 Å². The highest BCUT2D eigenvalue weighted by atomic mass is 35.5. The van der Waals surface area contributed by atoms with Gasteiger partial charge in [0.05, 0.1) is 33.4 Å². The van der Waals surface area contributed by atoms with Gasteiger partial charge in [-0.1, -0.05) is 49.2 Å². The van der Waals surface area contributed by atoms with Crippen molar-refractivity contribution in [2.75, 3.05) is 49.1 Å². The fourth-order valence-corrected chi connectivity index (χ4v) is 6.48. The number of carbonyl (C=O) groups excluding carboxylic acids is 2. The standard InChI is InChI=1S/C32H41Cl2N3O4/c1-22(41-30(39)32(4)21-31(32,2)3)37-27-20-24(12-10-23(27)11-13-28(37)38)40-19-6-5-14-35-15-17-36(18-16-35)26-9-7-8-25(33)29(26)34/h7-10,12,20,22H,5-6,11,13-19,21H2,1-4H3. The molecule has 9 heteroatoms. The molecule has 5 rings (SSSR count). The van der Waals surface area contributed by atoms with Crippen LogP contribution >= 0.6 is 23.2 Å². The number of benzene rings is 2. The summed E-state index contributed by atoms with van der Waals surface area (Å²) in [5.74, 6) is 0.453. The maximum Gasteiger partial charge on any atom is 0.314 e. The van der Waals surface area contributed by atoms with Crippen LogP contribution in [0.1, 0.15) is 58.9 Å². The summed E-state index contributed by atoms with van der Waals surface area (Å²) < 4.78 is 11.9. The molecule has 41 heavy (non-hydrogen) atoms. The number of halogens is 2. The lowest BCUT2D eigenvalue weighted by atomic mass is 9.98. The van der Waals surface area contributed by atoms with Crippen molar-refractivity contribution in [1.82, 2.24) is 4.90 Å². The van der Waals surface area contributed by atoms with Crippen LogP contribution < -0.4 is 14.5 Å². The smallest absolute Gasteiger partial charge is 0.314 e. The number of esters is 1. The van der Waals surface area contributed by atoms with E-state index in [4.69, 9.17) is 32.7 Å². The SMILES string of the molecule is CC(OC(=O)C1(C)CC1(C)C)N1C(=O)CCc2ccc(OCCCCN3CCN(c4cccc(Cl)c4Cl)CC3)cc21. The Morgan fingerprint density at radius 2 is 1.73 bits per heavy atom. The van der Waals surface area contributed by atoms with Crippen LogP contribution in [0.4, 0.5) is 11.4 Å². The molecule has 1 aliphatic carbocycles. The number of hydrogen-bond donors (Lipinski definition) is 0. The van der Waals surface area contributed by atoms with E-state index in [9.17, 15) is 9.59 Å². The average molecular weight is 603 g/mol. The average Bonchev–Trinajstić information content (AvgIpc) is 3.48. The second-order valence-corrected chi connectivity index (χ2v) is 13.2. The molecule has 0 spiro atoms. The van der Waals surface area contributed by atoms with Crippen LogP contribution in [0, 0.1) is 10.8 Å². The highest BCUT2D eigenvalue weighted by Gasteiger charge is 2.64. The molecule has 2 fully saturated rings. The number of unbranched alkanes of at least 4 members (excludes halogenated alkanes) is 1. The van der Waals surface area contributed by atoms with E-state index in [0.29, 0.717) is 29.5 Å². The van der Waals surface area contributed by atoms with Gasteiger partial charge in [-0.2, -0.15) is 0 Å². The van der Waals surface area contributed by atoms with E-state index in [2.05, 4.69) is 23.6 Å². The molecule has 3 aliphatic rings. The van der Waals surface area contributed by atoms with Gasteiger partial charge >= 0.3 is 5.97 Å². The van der Waals surface area contributed by atoms with E-state index >= 15 is 0 Å². The third-order valence-electron chi connectivity index (χ3n) is 9.23. The van der Waals surface area contributed by atoms with Crippen molar-refractivity contribution in [2.24, 2.45) is 10.8 Å². The summed E-state index contributed by atoms with van der Waals surface area (Å²) in [6.45, 7) is 13.3. The number of hydrogen-bond acceptors (Lipinski definition) is 6. The first-order valence-corrected chi connectivity index (χ1v) is 15.5. The highest BCUT2D eigenvalue weighted by molar-refractivity contribution is 6.43. The Kier molecular flexibility index (Phi) is 8.79. The molecule has 2 aromatic carbocycles. The van der Waals surface area contributed by atoms with Crippen molar-refractivity contribution >= 4 is 46.5 Å². The van der Waals surface area contributed by atoms with E-state index in [-0.39, 0.29) is 17.3 Å². The van der Waals surface area contributed by atoms with Crippen LogP contribution in [0.25, 0.3) is 0 Å². The van der Waals surface area contributed by atoms with Crippen molar-refractivity contribution in [3.63, 3.8) is 0 Å². The number of nitrogens with zero attached hydrogens (tertiary/aromatic N) is 3. The number of fused-ring (bicyclic) bond motifs is 1. The molecule has 0 aromatic heterocycles. The summed E-state index contributed by atoms with van der Waals surface area (Å²) in [5, 5.41) is 1.22. The van der Waals surface area contributed by atoms with Crippen LogP contribution in [0.15, 0.2) is 36.4 Å². The quantitative estimate of drug-likeness (QED) is 0.226. The molecule has 1 saturated carbocycles. The lowest BCUT2D eigenvalue weighted by molar-refractivity contribution is -0.156. The molecular weight excluding hydrogens is 561 g/mol. The van der Waals surface area contributed by atoms with Crippen molar-refractivity contribution in [3.8, 4) is 5.75 Å². The molecule has 0 bridgehead atoms. The summed E-state index contributed by atoms with van der Waals surface area (Å²) >= 11 is 12.6. The van der Waals surface area contributed by atoms with E-state index < -0.39 is 11.6 Å². The van der Waals surface area contributed by atoms with Gasteiger partial charge in [-0.25, -0.2) is 0 Å². The summed E-state index contributed by atoms with van der Waals surface area (Å²) in [6.07, 6.45) is 3.17. The number of piperazine rings is 1. The van der Waals surface area contributed by atoms with Gasteiger partial charge in [-0.15, -0.1) is 0 Å². The predicted molar refractivity (Wildman–Crippen MR) is 164 cm³/mol. The van der Waals surface area contributed by atoms with Gasteiger partial charge in [-0.3, -0.25) is 19.4 Å². The van der Waals surface area contributed by atoms with E-state index in [1.165, 1.54) is 0 Å². The maximum atomic E-state index is 12.9. The summed E-state index contributed by atoms with van der Waals surface area (Å²) in [6, 6.07) is 11.7. The van der Waals surface area contributed by atoms with Gasteiger partial charge < -0.3 is 14.4 Å². The fraction of sp³-hybridized carbons (Fsp3) is 0.562. The van der Waals surface area contributed by atoms with Crippen LogP contribution in [0.2, 0.25) is 10.0 Å². The summed E-state index contributed by atoms with van der Waals surface area (Å²) in [7, 11) is 0. The van der Waals surface area contributed by atoms with E-state index in [0.717, 1.165) is 74.7 Å². The lowest BCUT2D eigenvalue weighted by Crippen LogP contribution is -2.46. The summed E-state index contributed by atoms with van der Waals surface area (Å²) in [4.78, 5) is 32.2. The minimum absolute atomic E-state index is 0.0344. The Morgan fingerprint density at radius 3 is 2.44 bits per heavy atom. The third-order valence-corrected chi connectivity index (χ3v) is 10.0. The zero-order valence-corrected chi connectivity index (χ0v) is 26.1. The van der Waals surface area contributed by atoms with E-state index in [1.807, 2.05) is 43.3 Å². The molecule has 0 radical (unpaired) electrons. The molecule has 7 nitrogen and oxygen atoms in total. The molecule has 1 saturated heterocycles. The number of aryl methyl sites for hydroxylation is 1. The largest absolute Gasteiger partial charge is 0.494 e. The Bertz CT molecular complexity index is 1290. The number of anilines is 2. The van der Waals surface area contributed by atoms with Crippen LogP contribution in [0.5, 0.6) is 5.75 Å². The van der Waals surface area contributed by atoms with Crippen molar-refractivity contribution in [1.29, 1.82) is 0 Å². The molecule has 2 atom stereocenters. The van der Waals surface area contributed by atoms with E-state index in [1.54, 1.807) is 11.8 Å². The second-order valence-electron chi connectivity index (χ2n) is 12.4.